The predicted octanol–water partition coefficient (Wildman–Crippen LogP) is 3.98. The Morgan fingerprint density at radius 2 is 1.64 bits per heavy atom. The summed E-state index contributed by atoms with van der Waals surface area (Å²) in [5, 5.41) is 0. The van der Waals surface area contributed by atoms with E-state index in [1.54, 1.807) is 9.15 Å². The Bertz CT molecular complexity index is 190. The molecule has 14 heavy (non-hydrogen) atoms. The molecule has 1 rings (SSSR count). The van der Waals surface area contributed by atoms with E-state index in [1.165, 1.54) is 51.7 Å². The summed E-state index contributed by atoms with van der Waals surface area (Å²) in [4.78, 5) is 2.63. The zero-order valence-electron chi connectivity index (χ0n) is 9.48. The molecule has 82 valence electrons. The number of unbranched alkanes of at least 4 members (excludes halogenated alkanes) is 2. The molecule has 1 aliphatic carbocycles. The summed E-state index contributed by atoms with van der Waals surface area (Å²) in [6, 6.07) is 0. The Morgan fingerprint density at radius 1 is 1.14 bits per heavy atom. The van der Waals surface area contributed by atoms with E-state index in [4.69, 9.17) is 0 Å². The lowest BCUT2D eigenvalue weighted by Crippen LogP contribution is -2.26. The van der Waals surface area contributed by atoms with Gasteiger partial charge in [0.15, 0.2) is 0 Å². The van der Waals surface area contributed by atoms with Gasteiger partial charge in [0.2, 0.25) is 0 Å². The second-order valence-corrected chi connectivity index (χ2v) is 5.47. The first-order valence-electron chi connectivity index (χ1n) is 5.86. The Morgan fingerprint density at radius 3 is 2.00 bits per heavy atom. The number of hydrogen-bond donors (Lipinski definition) is 0. The quantitative estimate of drug-likeness (QED) is 0.613. The topological polar surface area (TPSA) is 3.24 Å². The molecule has 0 saturated carbocycles. The van der Waals surface area contributed by atoms with Crippen LogP contribution in [0.15, 0.2) is 9.15 Å². The number of allylic oxidation sites excluding steroid dienone is 1. The molecule has 0 unspecified atom stereocenters. The maximum absolute atomic E-state index is 2.63. The molecule has 0 fully saturated rings. The highest BCUT2D eigenvalue weighted by atomic mass is 127. The standard InChI is InChI=1S/C12H22IN/c1-3-5-7-14(8-6-4-2)10-11-9-12(11)13/h3-10H2,1-2H3. The minimum absolute atomic E-state index is 1.25. The van der Waals surface area contributed by atoms with Gasteiger partial charge in [-0.15, -0.1) is 0 Å². The summed E-state index contributed by atoms with van der Waals surface area (Å²) in [5.41, 5.74) is 1.69. The Kier molecular flexibility index (Phi) is 6.10. The van der Waals surface area contributed by atoms with Crippen molar-refractivity contribution in [3.63, 3.8) is 0 Å². The van der Waals surface area contributed by atoms with Gasteiger partial charge < -0.3 is 0 Å². The molecule has 0 aliphatic heterocycles. The first-order chi connectivity index (χ1) is 6.77. The molecule has 0 spiro atoms. The average Bonchev–Trinajstić information content (AvgIpc) is 2.86. The van der Waals surface area contributed by atoms with Crippen LogP contribution in [-0.4, -0.2) is 24.5 Å². The molecule has 0 heterocycles. The smallest absolute Gasteiger partial charge is 0.0206 e. The summed E-state index contributed by atoms with van der Waals surface area (Å²) < 4.78 is 1.61. The summed E-state index contributed by atoms with van der Waals surface area (Å²) in [5.74, 6) is 0. The second-order valence-electron chi connectivity index (χ2n) is 4.17. The van der Waals surface area contributed by atoms with Gasteiger partial charge in [-0.1, -0.05) is 26.7 Å². The lowest BCUT2D eigenvalue weighted by Gasteiger charge is -2.20. The van der Waals surface area contributed by atoms with E-state index in [1.807, 2.05) is 0 Å². The third-order valence-electron chi connectivity index (χ3n) is 2.70. The van der Waals surface area contributed by atoms with Gasteiger partial charge in [0.25, 0.3) is 0 Å². The Hall–Kier alpha value is 0.430. The van der Waals surface area contributed by atoms with E-state index in [2.05, 4.69) is 41.3 Å². The maximum atomic E-state index is 2.63. The zero-order valence-corrected chi connectivity index (χ0v) is 11.6. The molecule has 0 atom stereocenters. The molecule has 0 radical (unpaired) electrons. The van der Waals surface area contributed by atoms with Gasteiger partial charge in [0.1, 0.15) is 0 Å². The van der Waals surface area contributed by atoms with Crippen LogP contribution in [0.25, 0.3) is 0 Å². The fourth-order valence-electron chi connectivity index (χ4n) is 1.59. The minimum Gasteiger partial charge on any atom is -0.299 e. The van der Waals surface area contributed by atoms with Gasteiger partial charge in [-0.05, 0) is 57.7 Å². The lowest BCUT2D eigenvalue weighted by atomic mass is 10.2. The summed E-state index contributed by atoms with van der Waals surface area (Å²) in [6.07, 6.45) is 6.65. The van der Waals surface area contributed by atoms with Crippen LogP contribution in [-0.2, 0) is 0 Å². The Labute approximate surface area is 102 Å². The fourth-order valence-corrected chi connectivity index (χ4v) is 2.22. The monoisotopic (exact) mass is 307 g/mol. The van der Waals surface area contributed by atoms with Gasteiger partial charge >= 0.3 is 0 Å². The van der Waals surface area contributed by atoms with Crippen LogP contribution in [0.5, 0.6) is 0 Å². The van der Waals surface area contributed by atoms with Crippen LogP contribution in [0.2, 0.25) is 0 Å². The van der Waals surface area contributed by atoms with Crippen LogP contribution in [0.1, 0.15) is 46.0 Å². The molecule has 0 N–H and O–H groups in total. The van der Waals surface area contributed by atoms with E-state index < -0.39 is 0 Å². The van der Waals surface area contributed by atoms with Crippen molar-refractivity contribution >= 4 is 22.6 Å². The van der Waals surface area contributed by atoms with E-state index in [0.717, 1.165) is 0 Å². The van der Waals surface area contributed by atoms with Crippen molar-refractivity contribution < 1.29 is 0 Å². The lowest BCUT2D eigenvalue weighted by molar-refractivity contribution is 0.288. The van der Waals surface area contributed by atoms with Crippen LogP contribution in [0.4, 0.5) is 0 Å². The number of nitrogens with zero attached hydrogens (tertiary/aromatic N) is 1. The van der Waals surface area contributed by atoms with Crippen molar-refractivity contribution in [1.29, 1.82) is 0 Å². The van der Waals surface area contributed by atoms with Crippen molar-refractivity contribution in [3.8, 4) is 0 Å². The average molecular weight is 307 g/mol. The van der Waals surface area contributed by atoms with Crippen molar-refractivity contribution in [2.45, 2.75) is 46.0 Å². The number of hydrogen-bond acceptors (Lipinski definition) is 1. The summed E-state index contributed by atoms with van der Waals surface area (Å²) >= 11 is 2.48. The number of halogens is 1. The molecule has 0 aromatic heterocycles. The van der Waals surface area contributed by atoms with Gasteiger partial charge in [-0.25, -0.2) is 0 Å². The minimum atomic E-state index is 1.25. The first-order valence-corrected chi connectivity index (χ1v) is 6.94. The van der Waals surface area contributed by atoms with Crippen LogP contribution >= 0.6 is 22.6 Å². The zero-order chi connectivity index (χ0) is 10.4. The van der Waals surface area contributed by atoms with Gasteiger partial charge in [0.05, 0.1) is 0 Å². The summed E-state index contributed by atoms with van der Waals surface area (Å²) in [7, 11) is 0. The molecule has 0 aromatic rings. The van der Waals surface area contributed by atoms with Crippen molar-refractivity contribution in [2.24, 2.45) is 0 Å². The highest BCUT2D eigenvalue weighted by Crippen LogP contribution is 2.36. The molecule has 0 amide bonds. The van der Waals surface area contributed by atoms with Gasteiger partial charge in [0, 0.05) is 13.0 Å². The summed E-state index contributed by atoms with van der Waals surface area (Å²) in [6.45, 7) is 8.39. The van der Waals surface area contributed by atoms with E-state index >= 15 is 0 Å². The fraction of sp³-hybridized carbons (Fsp3) is 0.833. The van der Waals surface area contributed by atoms with Crippen molar-refractivity contribution in [1.82, 2.24) is 4.90 Å². The molecule has 0 aromatic carbocycles. The van der Waals surface area contributed by atoms with Crippen LogP contribution in [0, 0.1) is 0 Å². The third kappa shape index (κ3) is 4.78. The SMILES string of the molecule is CCCCN(CCCC)CC1=C(I)C1. The highest BCUT2D eigenvalue weighted by molar-refractivity contribution is 14.1. The van der Waals surface area contributed by atoms with Crippen LogP contribution in [0.3, 0.4) is 0 Å². The molecular weight excluding hydrogens is 285 g/mol. The first kappa shape index (κ1) is 12.5. The molecule has 1 aliphatic rings. The van der Waals surface area contributed by atoms with Gasteiger partial charge in [-0.3, -0.25) is 4.90 Å². The molecule has 0 bridgehead atoms. The third-order valence-corrected chi connectivity index (χ3v) is 3.84. The van der Waals surface area contributed by atoms with Crippen LogP contribution < -0.4 is 0 Å². The highest BCUT2D eigenvalue weighted by Gasteiger charge is 2.20. The van der Waals surface area contributed by atoms with Crippen molar-refractivity contribution in [3.05, 3.63) is 9.15 Å². The molecule has 1 nitrogen and oxygen atoms in total. The maximum Gasteiger partial charge on any atom is 0.0206 e. The normalized spacial score (nSPS) is 15.4. The van der Waals surface area contributed by atoms with E-state index in [0.29, 0.717) is 0 Å². The van der Waals surface area contributed by atoms with Crippen molar-refractivity contribution in [2.75, 3.05) is 19.6 Å². The second kappa shape index (κ2) is 6.83. The predicted molar refractivity (Wildman–Crippen MR) is 71.9 cm³/mol. The number of rotatable bonds is 8. The Balaban J connectivity index is 2.21. The molecule has 0 saturated heterocycles. The molecular formula is C12H22IN. The molecule has 2 heteroatoms. The largest absolute Gasteiger partial charge is 0.299 e. The van der Waals surface area contributed by atoms with Gasteiger partial charge in [-0.2, -0.15) is 0 Å². The van der Waals surface area contributed by atoms with E-state index in [-0.39, 0.29) is 0 Å². The van der Waals surface area contributed by atoms with E-state index in [9.17, 15) is 0 Å².